The summed E-state index contributed by atoms with van der Waals surface area (Å²) >= 11 is 0. The number of carbonyl (C=O) groups excluding carboxylic acids is 3. The van der Waals surface area contributed by atoms with Crippen molar-refractivity contribution in [2.45, 2.75) is 19.3 Å². The zero-order chi connectivity index (χ0) is 21.8. The molecule has 7 nitrogen and oxygen atoms in total. The fraction of sp³-hybridized carbons (Fsp3) is 0.458. The van der Waals surface area contributed by atoms with Gasteiger partial charge in [0.05, 0.1) is 7.11 Å². The molecule has 0 aromatic heterocycles. The zero-order valence-electron chi connectivity index (χ0n) is 18.0. The molecule has 0 unspecified atom stereocenters. The van der Waals surface area contributed by atoms with Crippen LogP contribution in [0.4, 0.5) is 4.79 Å². The van der Waals surface area contributed by atoms with Crippen LogP contribution in [0.25, 0.3) is 10.8 Å². The lowest BCUT2D eigenvalue weighted by Crippen LogP contribution is -2.45. The van der Waals surface area contributed by atoms with E-state index in [4.69, 9.17) is 4.74 Å². The Morgan fingerprint density at radius 1 is 0.806 bits per heavy atom. The molecule has 0 bridgehead atoms. The molecular weight excluding hydrogens is 394 g/mol. The third-order valence-electron chi connectivity index (χ3n) is 6.39. The molecule has 3 amide bonds. The number of ether oxygens (including phenoxy) is 1. The molecular formula is C24H29N3O4. The zero-order valence-corrected chi connectivity index (χ0v) is 18.0. The molecule has 0 atom stereocenters. The van der Waals surface area contributed by atoms with Crippen molar-refractivity contribution in [2.75, 3.05) is 46.4 Å². The fourth-order valence-electron chi connectivity index (χ4n) is 4.62. The Morgan fingerprint density at radius 2 is 1.48 bits per heavy atom. The first-order valence-corrected chi connectivity index (χ1v) is 11.0. The summed E-state index contributed by atoms with van der Waals surface area (Å²) in [6.45, 7) is 3.46. The predicted octanol–water partition coefficient (Wildman–Crippen LogP) is 2.99. The van der Waals surface area contributed by atoms with Gasteiger partial charge < -0.3 is 19.4 Å². The third kappa shape index (κ3) is 4.50. The van der Waals surface area contributed by atoms with Gasteiger partial charge in [-0.15, -0.1) is 0 Å². The molecule has 2 aromatic rings. The van der Waals surface area contributed by atoms with Gasteiger partial charge in [0, 0.05) is 50.7 Å². The maximum absolute atomic E-state index is 13.1. The van der Waals surface area contributed by atoms with E-state index < -0.39 is 0 Å². The van der Waals surface area contributed by atoms with Crippen LogP contribution < -0.4 is 0 Å². The Balaban J connectivity index is 1.35. The molecule has 0 spiro atoms. The van der Waals surface area contributed by atoms with Gasteiger partial charge in [-0.3, -0.25) is 9.59 Å². The minimum atomic E-state index is -0.338. The second-order valence-electron chi connectivity index (χ2n) is 8.23. The lowest BCUT2D eigenvalue weighted by Gasteiger charge is -2.34. The summed E-state index contributed by atoms with van der Waals surface area (Å²) in [5.74, 6) is 0.108. The molecule has 31 heavy (non-hydrogen) atoms. The van der Waals surface area contributed by atoms with E-state index >= 15 is 0 Å². The molecule has 0 radical (unpaired) electrons. The van der Waals surface area contributed by atoms with Gasteiger partial charge in [-0.2, -0.15) is 0 Å². The molecule has 2 aromatic carbocycles. The van der Waals surface area contributed by atoms with Crippen LogP contribution in [-0.2, 0) is 9.53 Å². The number of piperidine rings is 1. The van der Waals surface area contributed by atoms with Crippen molar-refractivity contribution >= 4 is 28.7 Å². The lowest BCUT2D eigenvalue weighted by molar-refractivity contribution is -0.136. The number of carbonyl (C=O) groups is 3. The number of rotatable bonds is 2. The lowest BCUT2D eigenvalue weighted by atomic mass is 9.94. The van der Waals surface area contributed by atoms with Gasteiger partial charge in [0.1, 0.15) is 0 Å². The molecule has 2 heterocycles. The second-order valence-corrected chi connectivity index (χ2v) is 8.23. The Hall–Kier alpha value is -3.09. The Bertz CT molecular complexity index is 963. The fourth-order valence-corrected chi connectivity index (χ4v) is 4.62. The normalized spacial score (nSPS) is 18.0. The highest BCUT2D eigenvalue weighted by molar-refractivity contribution is 6.07. The molecule has 2 aliphatic rings. The number of methoxy groups -OCH3 is 1. The summed E-state index contributed by atoms with van der Waals surface area (Å²) in [5.41, 5.74) is 0.721. The molecule has 4 rings (SSSR count). The van der Waals surface area contributed by atoms with Crippen LogP contribution in [0.2, 0.25) is 0 Å². The van der Waals surface area contributed by atoms with Gasteiger partial charge in [0.15, 0.2) is 0 Å². The Labute approximate surface area is 182 Å². The first kappa shape index (κ1) is 21.2. The number of nitrogens with zero attached hydrogens (tertiary/aromatic N) is 3. The summed E-state index contributed by atoms with van der Waals surface area (Å²) < 4.78 is 4.80. The van der Waals surface area contributed by atoms with Crippen LogP contribution in [0.5, 0.6) is 0 Å². The molecule has 2 saturated heterocycles. The van der Waals surface area contributed by atoms with E-state index in [0.717, 1.165) is 22.8 Å². The molecule has 0 saturated carbocycles. The summed E-state index contributed by atoms with van der Waals surface area (Å²) in [4.78, 5) is 43.4. The second kappa shape index (κ2) is 9.37. The highest BCUT2D eigenvalue weighted by Gasteiger charge is 2.32. The summed E-state index contributed by atoms with van der Waals surface area (Å²) in [6, 6.07) is 13.7. The van der Waals surface area contributed by atoms with Crippen molar-refractivity contribution in [2.24, 2.45) is 5.92 Å². The minimum absolute atomic E-state index is 0.0335. The molecule has 164 valence electrons. The summed E-state index contributed by atoms with van der Waals surface area (Å²) in [5, 5.41) is 2.02. The van der Waals surface area contributed by atoms with Crippen LogP contribution >= 0.6 is 0 Å². The van der Waals surface area contributed by atoms with Crippen LogP contribution in [0.3, 0.4) is 0 Å². The van der Waals surface area contributed by atoms with Gasteiger partial charge in [0.25, 0.3) is 5.91 Å². The van der Waals surface area contributed by atoms with Crippen molar-refractivity contribution in [3.05, 3.63) is 48.0 Å². The maximum Gasteiger partial charge on any atom is 0.409 e. The Kier molecular flexibility index (Phi) is 6.39. The topological polar surface area (TPSA) is 70.2 Å². The smallest absolute Gasteiger partial charge is 0.409 e. The van der Waals surface area contributed by atoms with Gasteiger partial charge in [0.2, 0.25) is 5.91 Å². The van der Waals surface area contributed by atoms with E-state index in [2.05, 4.69) is 0 Å². The van der Waals surface area contributed by atoms with E-state index in [0.29, 0.717) is 52.1 Å². The van der Waals surface area contributed by atoms with Crippen LogP contribution in [0.1, 0.15) is 29.6 Å². The number of amides is 3. The van der Waals surface area contributed by atoms with E-state index in [1.54, 1.807) is 4.90 Å². The van der Waals surface area contributed by atoms with E-state index in [1.165, 1.54) is 7.11 Å². The first-order valence-electron chi connectivity index (χ1n) is 11.0. The van der Waals surface area contributed by atoms with Gasteiger partial charge in [-0.1, -0.05) is 36.4 Å². The summed E-state index contributed by atoms with van der Waals surface area (Å²) in [6.07, 6.45) is 1.76. The quantitative estimate of drug-likeness (QED) is 0.745. The van der Waals surface area contributed by atoms with E-state index in [1.807, 2.05) is 52.3 Å². The van der Waals surface area contributed by atoms with Crippen molar-refractivity contribution in [1.29, 1.82) is 0 Å². The average molecular weight is 424 g/mol. The summed E-state index contributed by atoms with van der Waals surface area (Å²) in [7, 11) is 1.38. The molecule has 0 aliphatic carbocycles. The van der Waals surface area contributed by atoms with Crippen LogP contribution in [-0.4, -0.2) is 79.0 Å². The number of fused-ring (bicyclic) bond motifs is 1. The number of benzene rings is 2. The van der Waals surface area contributed by atoms with Gasteiger partial charge in [-0.25, -0.2) is 4.79 Å². The highest BCUT2D eigenvalue weighted by atomic mass is 16.5. The SMILES string of the molecule is COC(=O)N1CCCN(C(=O)C2CCN(C(=O)c3cccc4ccccc34)CC2)CC1. The Morgan fingerprint density at radius 3 is 2.26 bits per heavy atom. The molecule has 2 fully saturated rings. The molecule has 0 N–H and O–H groups in total. The van der Waals surface area contributed by atoms with Crippen molar-refractivity contribution in [3.63, 3.8) is 0 Å². The van der Waals surface area contributed by atoms with Crippen molar-refractivity contribution in [1.82, 2.24) is 14.7 Å². The minimum Gasteiger partial charge on any atom is -0.453 e. The molecule has 2 aliphatic heterocycles. The number of likely N-dealkylation sites (tertiary alicyclic amines) is 1. The first-order chi connectivity index (χ1) is 15.1. The largest absolute Gasteiger partial charge is 0.453 e. The maximum atomic E-state index is 13.1. The van der Waals surface area contributed by atoms with Crippen molar-refractivity contribution < 1.29 is 19.1 Å². The molecule has 7 heteroatoms. The van der Waals surface area contributed by atoms with E-state index in [9.17, 15) is 14.4 Å². The monoisotopic (exact) mass is 423 g/mol. The third-order valence-corrected chi connectivity index (χ3v) is 6.39. The van der Waals surface area contributed by atoms with Crippen LogP contribution in [0.15, 0.2) is 42.5 Å². The average Bonchev–Trinajstić information content (AvgIpc) is 3.09. The van der Waals surface area contributed by atoms with Gasteiger partial charge >= 0.3 is 6.09 Å². The predicted molar refractivity (Wildman–Crippen MR) is 118 cm³/mol. The van der Waals surface area contributed by atoms with Gasteiger partial charge in [-0.05, 0) is 36.1 Å². The highest BCUT2D eigenvalue weighted by Crippen LogP contribution is 2.25. The number of hydrogen-bond donors (Lipinski definition) is 0. The van der Waals surface area contributed by atoms with Crippen LogP contribution in [0, 0.1) is 5.92 Å². The standard InChI is InChI=1S/C24H29N3O4/c1-31-24(30)27-13-5-12-25(16-17-27)22(28)19-10-14-26(15-11-19)23(29)21-9-4-7-18-6-2-3-8-20(18)21/h2-4,6-9,19H,5,10-17H2,1H3. The number of hydrogen-bond acceptors (Lipinski definition) is 4. The van der Waals surface area contributed by atoms with E-state index in [-0.39, 0.29) is 23.8 Å². The van der Waals surface area contributed by atoms with Crippen molar-refractivity contribution in [3.8, 4) is 0 Å².